The van der Waals surface area contributed by atoms with Crippen molar-refractivity contribution in [3.05, 3.63) is 59.5 Å². The first kappa shape index (κ1) is 16.6. The number of nitrogens with zero attached hydrogens (tertiary/aromatic N) is 3. The lowest BCUT2D eigenvalue weighted by atomic mass is 10.0. The Morgan fingerprint density at radius 3 is 2.78 bits per heavy atom. The molecule has 1 N–H and O–H groups in total. The molecule has 0 radical (unpaired) electrons. The van der Waals surface area contributed by atoms with Crippen LogP contribution >= 0.6 is 0 Å². The van der Waals surface area contributed by atoms with Gasteiger partial charge in [0, 0.05) is 60.9 Å². The highest BCUT2D eigenvalue weighted by molar-refractivity contribution is 5.92. The van der Waals surface area contributed by atoms with Crippen LogP contribution in [0.25, 0.3) is 22.7 Å². The number of pyridine rings is 1. The molecule has 4 heteroatoms. The van der Waals surface area contributed by atoms with Crippen molar-refractivity contribution in [1.82, 2.24) is 14.5 Å². The zero-order valence-corrected chi connectivity index (χ0v) is 16.1. The normalized spacial score (nSPS) is 17.9. The van der Waals surface area contributed by atoms with Crippen LogP contribution in [-0.2, 0) is 13.0 Å². The van der Waals surface area contributed by atoms with Crippen LogP contribution in [0.3, 0.4) is 0 Å². The molecule has 3 heterocycles. The molecule has 0 amide bonds. The van der Waals surface area contributed by atoms with Gasteiger partial charge in [-0.3, -0.25) is 4.98 Å². The Balaban J connectivity index is 1.64. The molecular weight excluding hydrogens is 332 g/mol. The number of allylic oxidation sites excluding steroid dienone is 1. The van der Waals surface area contributed by atoms with E-state index in [9.17, 15) is 0 Å². The van der Waals surface area contributed by atoms with Crippen molar-refractivity contribution in [3.8, 4) is 0 Å². The van der Waals surface area contributed by atoms with E-state index in [1.807, 2.05) is 12.4 Å². The fourth-order valence-corrected chi connectivity index (χ4v) is 4.11. The van der Waals surface area contributed by atoms with Crippen molar-refractivity contribution in [3.63, 3.8) is 0 Å². The lowest BCUT2D eigenvalue weighted by Gasteiger charge is -2.23. The quantitative estimate of drug-likeness (QED) is 0.739. The maximum Gasteiger partial charge on any atom is 0.0530 e. The minimum atomic E-state index is 0.678. The summed E-state index contributed by atoms with van der Waals surface area (Å²) in [7, 11) is 2.22. The molecule has 0 spiro atoms. The van der Waals surface area contributed by atoms with Gasteiger partial charge in [-0.1, -0.05) is 0 Å². The van der Waals surface area contributed by atoms with E-state index >= 15 is 0 Å². The van der Waals surface area contributed by atoms with Crippen LogP contribution in [0.1, 0.15) is 36.6 Å². The Bertz CT molecular complexity index is 1010. The Kier molecular flexibility index (Phi) is 4.01. The number of likely N-dealkylation sites (N-methyl/N-ethyl adjacent to an activating group) is 1. The van der Waals surface area contributed by atoms with Crippen molar-refractivity contribution < 1.29 is 0 Å². The van der Waals surface area contributed by atoms with Gasteiger partial charge in [-0.2, -0.15) is 0 Å². The number of fused-ring (bicyclic) bond motifs is 3. The minimum Gasteiger partial charge on any atom is -0.382 e. The zero-order valence-electron chi connectivity index (χ0n) is 16.1. The SMILES string of the molecule is CC(=Cn1c2c(c3cc(NC4CC4)ccc31)CN(C)CC2)c1ccncc1. The van der Waals surface area contributed by atoms with E-state index in [1.54, 1.807) is 0 Å². The van der Waals surface area contributed by atoms with Gasteiger partial charge in [0.25, 0.3) is 0 Å². The molecule has 4 nitrogen and oxygen atoms in total. The fourth-order valence-electron chi connectivity index (χ4n) is 4.11. The molecule has 0 bridgehead atoms. The van der Waals surface area contributed by atoms with Crippen molar-refractivity contribution in [2.45, 2.75) is 38.8 Å². The summed E-state index contributed by atoms with van der Waals surface area (Å²) >= 11 is 0. The molecule has 138 valence electrons. The van der Waals surface area contributed by atoms with Gasteiger partial charge >= 0.3 is 0 Å². The van der Waals surface area contributed by atoms with Crippen LogP contribution in [-0.4, -0.2) is 34.1 Å². The topological polar surface area (TPSA) is 33.1 Å². The monoisotopic (exact) mass is 358 g/mol. The number of benzene rings is 1. The van der Waals surface area contributed by atoms with Gasteiger partial charge in [-0.05, 0) is 73.8 Å². The first-order chi connectivity index (χ1) is 13.2. The summed E-state index contributed by atoms with van der Waals surface area (Å²) in [5.74, 6) is 0. The highest BCUT2D eigenvalue weighted by Crippen LogP contribution is 2.35. The number of aromatic nitrogens is 2. The van der Waals surface area contributed by atoms with E-state index in [0.717, 1.165) is 19.5 Å². The number of hydrogen-bond acceptors (Lipinski definition) is 3. The molecule has 0 atom stereocenters. The molecule has 1 aliphatic carbocycles. The average molecular weight is 358 g/mol. The Morgan fingerprint density at radius 1 is 1.19 bits per heavy atom. The molecule has 2 aromatic heterocycles. The minimum absolute atomic E-state index is 0.678. The van der Waals surface area contributed by atoms with Crippen LogP contribution in [0.5, 0.6) is 0 Å². The predicted octanol–water partition coefficient (Wildman–Crippen LogP) is 4.62. The lowest BCUT2D eigenvalue weighted by Crippen LogP contribution is -2.26. The number of nitrogens with one attached hydrogen (secondary N) is 1. The van der Waals surface area contributed by atoms with Gasteiger partial charge in [0.05, 0.1) is 5.52 Å². The third-order valence-electron chi connectivity index (χ3n) is 5.79. The highest BCUT2D eigenvalue weighted by atomic mass is 15.1. The van der Waals surface area contributed by atoms with E-state index in [1.165, 1.54) is 51.8 Å². The highest BCUT2D eigenvalue weighted by Gasteiger charge is 2.24. The molecule has 0 saturated heterocycles. The Morgan fingerprint density at radius 2 is 2.00 bits per heavy atom. The summed E-state index contributed by atoms with van der Waals surface area (Å²) in [6, 6.07) is 11.7. The van der Waals surface area contributed by atoms with Gasteiger partial charge < -0.3 is 14.8 Å². The summed E-state index contributed by atoms with van der Waals surface area (Å²) in [5.41, 5.74) is 7.99. The molecule has 5 rings (SSSR count). The maximum atomic E-state index is 4.15. The van der Waals surface area contributed by atoms with E-state index in [0.29, 0.717) is 6.04 Å². The average Bonchev–Trinajstić information content (AvgIpc) is 3.46. The fraction of sp³-hybridized carbons (Fsp3) is 0.348. The summed E-state index contributed by atoms with van der Waals surface area (Å²) in [6.07, 6.45) is 9.71. The first-order valence-corrected chi connectivity index (χ1v) is 9.88. The van der Waals surface area contributed by atoms with Crippen molar-refractivity contribution >= 4 is 28.4 Å². The van der Waals surface area contributed by atoms with E-state index in [2.05, 4.69) is 70.3 Å². The van der Waals surface area contributed by atoms with Crippen LogP contribution < -0.4 is 5.32 Å². The lowest BCUT2D eigenvalue weighted by molar-refractivity contribution is 0.312. The predicted molar refractivity (Wildman–Crippen MR) is 113 cm³/mol. The maximum absolute atomic E-state index is 4.15. The first-order valence-electron chi connectivity index (χ1n) is 9.88. The molecule has 0 unspecified atom stereocenters. The number of rotatable bonds is 4. The van der Waals surface area contributed by atoms with Crippen LogP contribution in [0.2, 0.25) is 0 Å². The third kappa shape index (κ3) is 3.15. The van der Waals surface area contributed by atoms with E-state index in [4.69, 9.17) is 0 Å². The van der Waals surface area contributed by atoms with Gasteiger partial charge in [0.2, 0.25) is 0 Å². The molecule has 27 heavy (non-hydrogen) atoms. The molecular formula is C23H26N4. The van der Waals surface area contributed by atoms with Crippen molar-refractivity contribution in [2.24, 2.45) is 0 Å². The molecule has 1 saturated carbocycles. The van der Waals surface area contributed by atoms with Crippen LogP contribution in [0.4, 0.5) is 5.69 Å². The van der Waals surface area contributed by atoms with Gasteiger partial charge in [0.15, 0.2) is 0 Å². The van der Waals surface area contributed by atoms with Gasteiger partial charge in [-0.25, -0.2) is 0 Å². The second kappa shape index (κ2) is 6.54. The third-order valence-corrected chi connectivity index (χ3v) is 5.79. The summed E-state index contributed by atoms with van der Waals surface area (Å²) in [5, 5.41) is 5.05. The second-order valence-corrected chi connectivity index (χ2v) is 7.98. The van der Waals surface area contributed by atoms with E-state index in [-0.39, 0.29) is 0 Å². The number of anilines is 1. The summed E-state index contributed by atoms with van der Waals surface area (Å²) < 4.78 is 2.42. The van der Waals surface area contributed by atoms with Gasteiger partial charge in [0.1, 0.15) is 0 Å². The molecule has 1 aromatic carbocycles. The Labute approximate surface area is 160 Å². The summed E-state index contributed by atoms with van der Waals surface area (Å²) in [6.45, 7) is 4.32. The molecule has 1 fully saturated rings. The summed E-state index contributed by atoms with van der Waals surface area (Å²) in [4.78, 5) is 6.57. The largest absolute Gasteiger partial charge is 0.382 e. The molecule has 3 aromatic rings. The smallest absolute Gasteiger partial charge is 0.0530 e. The van der Waals surface area contributed by atoms with Crippen molar-refractivity contribution in [1.29, 1.82) is 0 Å². The second-order valence-electron chi connectivity index (χ2n) is 7.98. The van der Waals surface area contributed by atoms with Crippen molar-refractivity contribution in [2.75, 3.05) is 18.9 Å². The Hall–Kier alpha value is -2.59. The molecule has 2 aliphatic rings. The zero-order chi connectivity index (χ0) is 18.4. The van der Waals surface area contributed by atoms with E-state index < -0.39 is 0 Å². The number of hydrogen-bond donors (Lipinski definition) is 1. The standard InChI is InChI=1S/C23H26N4/c1-16(17-7-10-24-11-8-17)14-27-22-6-5-19(25-18-3-4-18)13-20(22)21-15-26(2)12-9-23(21)27/h5-8,10-11,13-14,18,25H,3-4,9,12,15H2,1-2H3. The van der Waals surface area contributed by atoms with Gasteiger partial charge in [-0.15, -0.1) is 0 Å². The van der Waals surface area contributed by atoms with Crippen LogP contribution in [0, 0.1) is 0 Å². The molecule has 1 aliphatic heterocycles. The van der Waals surface area contributed by atoms with Crippen LogP contribution in [0.15, 0.2) is 42.7 Å².